The molecular weight excluding hydrogens is 264 g/mol. The molecule has 1 aliphatic heterocycles. The molecule has 0 bridgehead atoms. The maximum absolute atomic E-state index is 12.3. The Morgan fingerprint density at radius 3 is 2.68 bits per heavy atom. The molecule has 0 radical (unpaired) electrons. The van der Waals surface area contributed by atoms with Crippen LogP contribution in [0.5, 0.6) is 0 Å². The molecule has 102 valence electrons. The molecule has 6 heteroatoms. The quantitative estimate of drug-likeness (QED) is 0.905. The van der Waals surface area contributed by atoms with Crippen molar-refractivity contribution in [3.8, 4) is 6.07 Å². The molecule has 1 saturated heterocycles. The first-order valence-electron chi connectivity index (χ1n) is 6.14. The second-order valence-electron chi connectivity index (χ2n) is 4.60. The smallest absolute Gasteiger partial charge is 0.241 e. The van der Waals surface area contributed by atoms with Gasteiger partial charge in [0.25, 0.3) is 0 Å². The lowest BCUT2D eigenvalue weighted by Gasteiger charge is -2.23. The van der Waals surface area contributed by atoms with E-state index < -0.39 is 10.0 Å². The molecule has 0 atom stereocenters. The summed E-state index contributed by atoms with van der Waals surface area (Å²) >= 11 is 0. The van der Waals surface area contributed by atoms with Crippen molar-refractivity contribution >= 4 is 10.0 Å². The maximum Gasteiger partial charge on any atom is 0.241 e. The lowest BCUT2D eigenvalue weighted by Crippen LogP contribution is -2.39. The molecule has 1 aromatic carbocycles. The van der Waals surface area contributed by atoms with Gasteiger partial charge in [0.15, 0.2) is 0 Å². The third-order valence-corrected chi connectivity index (χ3v) is 4.81. The van der Waals surface area contributed by atoms with Crippen LogP contribution in [0.25, 0.3) is 0 Å². The summed E-state index contributed by atoms with van der Waals surface area (Å²) in [6.45, 7) is 2.87. The van der Waals surface area contributed by atoms with Gasteiger partial charge in [-0.1, -0.05) is 6.07 Å². The topological polar surface area (TPSA) is 79.2 Å². The van der Waals surface area contributed by atoms with Crippen LogP contribution in [-0.2, 0) is 14.8 Å². The lowest BCUT2D eigenvalue weighted by atomic mass is 10.1. The minimum atomic E-state index is -3.58. The number of nitriles is 1. The van der Waals surface area contributed by atoms with Gasteiger partial charge < -0.3 is 4.74 Å². The van der Waals surface area contributed by atoms with Crippen LogP contribution in [0.15, 0.2) is 23.1 Å². The largest absolute Gasteiger partial charge is 0.381 e. The molecule has 0 aromatic heterocycles. The first kappa shape index (κ1) is 14.0. The summed E-state index contributed by atoms with van der Waals surface area (Å²) in [5, 5.41) is 8.86. The standard InChI is InChI=1S/C13H16N2O3S/c1-10-2-3-11(9-14)8-13(10)19(16,17)15-12-4-6-18-7-5-12/h2-3,8,12,15H,4-7H2,1H3. The Bertz CT molecular complexity index is 599. The number of benzene rings is 1. The van der Waals surface area contributed by atoms with E-state index in [1.165, 1.54) is 6.07 Å². The van der Waals surface area contributed by atoms with Gasteiger partial charge in [0.1, 0.15) is 0 Å². The van der Waals surface area contributed by atoms with Crippen LogP contribution in [0.4, 0.5) is 0 Å². The van der Waals surface area contributed by atoms with Gasteiger partial charge in [0.05, 0.1) is 16.5 Å². The van der Waals surface area contributed by atoms with Gasteiger partial charge in [0.2, 0.25) is 10.0 Å². The zero-order valence-corrected chi connectivity index (χ0v) is 11.5. The molecule has 1 N–H and O–H groups in total. The SMILES string of the molecule is Cc1ccc(C#N)cc1S(=O)(=O)NC1CCOCC1. The van der Waals surface area contributed by atoms with Crippen LogP contribution in [0, 0.1) is 18.3 Å². The van der Waals surface area contributed by atoms with Crippen LogP contribution >= 0.6 is 0 Å². The third-order valence-electron chi connectivity index (χ3n) is 3.15. The molecule has 0 unspecified atom stereocenters. The van der Waals surface area contributed by atoms with Crippen molar-refractivity contribution in [2.24, 2.45) is 0 Å². The van der Waals surface area contributed by atoms with E-state index in [4.69, 9.17) is 10.00 Å². The number of hydrogen-bond acceptors (Lipinski definition) is 4. The fraction of sp³-hybridized carbons (Fsp3) is 0.462. The average molecular weight is 280 g/mol. The molecule has 1 heterocycles. The zero-order chi connectivity index (χ0) is 13.9. The molecule has 1 fully saturated rings. The number of sulfonamides is 1. The second-order valence-corrected chi connectivity index (χ2v) is 6.28. The molecule has 0 amide bonds. The Morgan fingerprint density at radius 2 is 2.05 bits per heavy atom. The molecule has 1 aliphatic rings. The Kier molecular flexibility index (Phi) is 4.20. The Balaban J connectivity index is 2.26. The summed E-state index contributed by atoms with van der Waals surface area (Å²) in [4.78, 5) is 0.179. The highest BCUT2D eigenvalue weighted by atomic mass is 32.2. The highest BCUT2D eigenvalue weighted by molar-refractivity contribution is 7.89. The van der Waals surface area contributed by atoms with E-state index in [2.05, 4.69) is 4.72 Å². The van der Waals surface area contributed by atoms with E-state index in [9.17, 15) is 8.42 Å². The minimum Gasteiger partial charge on any atom is -0.381 e. The van der Waals surface area contributed by atoms with Crippen molar-refractivity contribution in [3.05, 3.63) is 29.3 Å². The van der Waals surface area contributed by atoms with E-state index >= 15 is 0 Å². The molecule has 5 nitrogen and oxygen atoms in total. The first-order chi connectivity index (χ1) is 9.03. The first-order valence-corrected chi connectivity index (χ1v) is 7.62. The Labute approximate surface area is 113 Å². The molecule has 2 rings (SSSR count). The minimum absolute atomic E-state index is 0.0936. The molecule has 0 saturated carbocycles. The molecule has 19 heavy (non-hydrogen) atoms. The number of nitrogens with zero attached hydrogens (tertiary/aromatic N) is 1. The van der Waals surface area contributed by atoms with Crippen molar-refractivity contribution in [2.75, 3.05) is 13.2 Å². The van der Waals surface area contributed by atoms with Gasteiger partial charge in [-0.25, -0.2) is 13.1 Å². The third kappa shape index (κ3) is 3.32. The monoisotopic (exact) mass is 280 g/mol. The fourth-order valence-electron chi connectivity index (χ4n) is 2.06. The molecule has 0 aliphatic carbocycles. The summed E-state index contributed by atoms with van der Waals surface area (Å²) in [5.74, 6) is 0. The van der Waals surface area contributed by atoms with E-state index in [0.717, 1.165) is 0 Å². The van der Waals surface area contributed by atoms with Crippen LogP contribution in [0.1, 0.15) is 24.0 Å². The van der Waals surface area contributed by atoms with Crippen molar-refractivity contribution in [3.63, 3.8) is 0 Å². The van der Waals surface area contributed by atoms with Crippen LogP contribution in [0.3, 0.4) is 0 Å². The van der Waals surface area contributed by atoms with Crippen molar-refractivity contribution in [1.82, 2.24) is 4.72 Å². The number of rotatable bonds is 3. The van der Waals surface area contributed by atoms with Gasteiger partial charge in [-0.15, -0.1) is 0 Å². The van der Waals surface area contributed by atoms with Gasteiger partial charge in [-0.05, 0) is 37.5 Å². The highest BCUT2D eigenvalue weighted by Gasteiger charge is 2.23. The normalized spacial score (nSPS) is 17.1. The van der Waals surface area contributed by atoms with Crippen molar-refractivity contribution < 1.29 is 13.2 Å². The summed E-state index contributed by atoms with van der Waals surface area (Å²) in [6.07, 6.45) is 1.35. The number of nitrogens with one attached hydrogen (secondary N) is 1. The second kappa shape index (κ2) is 5.70. The molecular formula is C13H16N2O3S. The van der Waals surface area contributed by atoms with Gasteiger partial charge in [0, 0.05) is 19.3 Å². The average Bonchev–Trinajstić information content (AvgIpc) is 2.39. The number of hydrogen-bond donors (Lipinski definition) is 1. The highest BCUT2D eigenvalue weighted by Crippen LogP contribution is 2.18. The van der Waals surface area contributed by atoms with Crippen LogP contribution in [0.2, 0.25) is 0 Å². The number of ether oxygens (including phenoxy) is 1. The Hall–Kier alpha value is -1.42. The molecule has 1 aromatic rings. The van der Waals surface area contributed by atoms with Crippen LogP contribution < -0.4 is 4.72 Å². The van der Waals surface area contributed by atoms with Gasteiger partial charge in [-0.3, -0.25) is 0 Å². The summed E-state index contributed by atoms with van der Waals surface area (Å²) in [5.41, 5.74) is 0.983. The van der Waals surface area contributed by atoms with E-state index in [0.29, 0.717) is 37.2 Å². The summed E-state index contributed by atoms with van der Waals surface area (Å²) in [6, 6.07) is 6.54. The molecule has 0 spiro atoms. The van der Waals surface area contributed by atoms with Crippen molar-refractivity contribution in [1.29, 1.82) is 5.26 Å². The summed E-state index contributed by atoms with van der Waals surface area (Å²) < 4.78 is 32.5. The lowest BCUT2D eigenvalue weighted by molar-refractivity contribution is 0.0832. The zero-order valence-electron chi connectivity index (χ0n) is 10.7. The predicted octanol–water partition coefficient (Wildman–Crippen LogP) is 1.32. The Morgan fingerprint density at radius 1 is 1.37 bits per heavy atom. The van der Waals surface area contributed by atoms with E-state index in [-0.39, 0.29) is 10.9 Å². The van der Waals surface area contributed by atoms with E-state index in [1.807, 2.05) is 6.07 Å². The predicted molar refractivity (Wildman–Crippen MR) is 70.1 cm³/mol. The fourth-order valence-corrected chi connectivity index (χ4v) is 3.63. The van der Waals surface area contributed by atoms with Gasteiger partial charge >= 0.3 is 0 Å². The van der Waals surface area contributed by atoms with E-state index in [1.54, 1.807) is 19.1 Å². The van der Waals surface area contributed by atoms with Gasteiger partial charge in [-0.2, -0.15) is 5.26 Å². The summed E-state index contributed by atoms with van der Waals surface area (Å²) in [7, 11) is -3.58. The van der Waals surface area contributed by atoms with Crippen molar-refractivity contribution in [2.45, 2.75) is 30.7 Å². The number of aryl methyl sites for hydroxylation is 1. The maximum atomic E-state index is 12.3. The van der Waals surface area contributed by atoms with Crippen LogP contribution in [-0.4, -0.2) is 27.7 Å².